The van der Waals surface area contributed by atoms with Crippen LogP contribution in [0.3, 0.4) is 0 Å². The van der Waals surface area contributed by atoms with Gasteiger partial charge in [0.05, 0.1) is 6.10 Å². The van der Waals surface area contributed by atoms with Crippen LogP contribution in [-0.2, 0) is 10.0 Å². The van der Waals surface area contributed by atoms with Crippen LogP contribution in [0.5, 0.6) is 5.75 Å². The minimum atomic E-state index is -3.89. The van der Waals surface area contributed by atoms with Gasteiger partial charge >= 0.3 is 0 Å². The maximum Gasteiger partial charge on any atom is 0.265 e. The number of hydrogen-bond acceptors (Lipinski definition) is 4. The summed E-state index contributed by atoms with van der Waals surface area (Å²) in [5.74, 6) is 0.293. The van der Waals surface area contributed by atoms with Gasteiger partial charge in [0.15, 0.2) is 0 Å². The monoisotopic (exact) mass is 257 g/mol. The molecule has 0 bridgehead atoms. The molecule has 0 atom stereocenters. The number of hydrogen-bond donors (Lipinski definition) is 2. The van der Waals surface area contributed by atoms with E-state index in [1.54, 1.807) is 18.2 Å². The zero-order valence-corrected chi connectivity index (χ0v) is 10.1. The maximum atomic E-state index is 11.6. The van der Waals surface area contributed by atoms with E-state index in [0.717, 1.165) is 25.7 Å². The summed E-state index contributed by atoms with van der Waals surface area (Å²) in [5.41, 5.74) is 0. The van der Waals surface area contributed by atoms with Crippen molar-refractivity contribution in [2.75, 3.05) is 0 Å². The Hall–Kier alpha value is -1.11. The van der Waals surface area contributed by atoms with Crippen molar-refractivity contribution in [2.45, 2.75) is 36.7 Å². The van der Waals surface area contributed by atoms with Gasteiger partial charge < -0.3 is 9.94 Å². The molecular weight excluding hydrogens is 242 g/mol. The molecule has 1 saturated carbocycles. The molecule has 1 fully saturated rings. The van der Waals surface area contributed by atoms with E-state index in [0.29, 0.717) is 5.75 Å². The fourth-order valence-corrected chi connectivity index (χ4v) is 2.74. The van der Waals surface area contributed by atoms with Crippen LogP contribution in [0.1, 0.15) is 25.7 Å². The molecule has 1 aromatic rings. The summed E-state index contributed by atoms with van der Waals surface area (Å²) < 4.78 is 28.8. The topological polar surface area (TPSA) is 75.6 Å². The lowest BCUT2D eigenvalue weighted by atomic mass is 10.3. The van der Waals surface area contributed by atoms with E-state index in [4.69, 9.17) is 9.94 Å². The number of ether oxygens (including phenoxy) is 1. The third-order valence-electron chi connectivity index (χ3n) is 2.85. The second kappa shape index (κ2) is 5.03. The Balaban J connectivity index is 2.27. The molecule has 0 heterocycles. The van der Waals surface area contributed by atoms with Gasteiger partial charge in [-0.25, -0.2) is 8.42 Å². The quantitative estimate of drug-likeness (QED) is 0.805. The highest BCUT2D eigenvalue weighted by Gasteiger charge is 2.22. The lowest BCUT2D eigenvalue weighted by molar-refractivity contribution is 0.202. The van der Waals surface area contributed by atoms with E-state index in [1.807, 2.05) is 0 Å². The SMILES string of the molecule is O=S(=O)(NO)c1ccccc1OC1CCCC1. The second-order valence-corrected chi connectivity index (χ2v) is 5.70. The number of sulfonamides is 1. The normalized spacial score (nSPS) is 17.2. The highest BCUT2D eigenvalue weighted by Crippen LogP contribution is 2.28. The predicted molar refractivity (Wildman–Crippen MR) is 61.4 cm³/mol. The fraction of sp³-hybridized carbons (Fsp3) is 0.455. The zero-order chi connectivity index (χ0) is 12.3. The molecule has 94 valence electrons. The van der Waals surface area contributed by atoms with Crippen LogP contribution in [0.2, 0.25) is 0 Å². The van der Waals surface area contributed by atoms with Crippen LogP contribution in [0.4, 0.5) is 0 Å². The first-order valence-corrected chi connectivity index (χ1v) is 7.03. The fourth-order valence-electron chi connectivity index (χ4n) is 2.00. The van der Waals surface area contributed by atoms with Crippen molar-refractivity contribution in [1.82, 2.24) is 4.89 Å². The minimum absolute atomic E-state index is 0.0330. The van der Waals surface area contributed by atoms with Gasteiger partial charge in [-0.3, -0.25) is 0 Å². The molecular formula is C11H15NO4S. The van der Waals surface area contributed by atoms with Crippen LogP contribution in [0, 0.1) is 0 Å². The van der Waals surface area contributed by atoms with Crippen LogP contribution in [-0.4, -0.2) is 19.7 Å². The predicted octanol–water partition coefficient (Wildman–Crippen LogP) is 1.68. The highest BCUT2D eigenvalue weighted by atomic mass is 32.2. The Bertz CT molecular complexity index is 480. The third kappa shape index (κ3) is 2.77. The molecule has 1 aromatic carbocycles. The molecule has 0 spiro atoms. The molecule has 0 aliphatic heterocycles. The summed E-state index contributed by atoms with van der Waals surface area (Å²) in [4.78, 5) is 1.28. The van der Waals surface area contributed by atoms with Gasteiger partial charge in [-0.15, -0.1) is 0 Å². The van der Waals surface area contributed by atoms with E-state index in [1.165, 1.54) is 11.0 Å². The van der Waals surface area contributed by atoms with E-state index >= 15 is 0 Å². The number of nitrogens with one attached hydrogen (secondary N) is 1. The van der Waals surface area contributed by atoms with Crippen molar-refractivity contribution in [1.29, 1.82) is 0 Å². The van der Waals surface area contributed by atoms with Crippen molar-refractivity contribution in [3.8, 4) is 5.75 Å². The summed E-state index contributed by atoms with van der Waals surface area (Å²) in [6.45, 7) is 0. The molecule has 0 radical (unpaired) electrons. The van der Waals surface area contributed by atoms with Crippen molar-refractivity contribution < 1.29 is 18.4 Å². The largest absolute Gasteiger partial charge is 0.489 e. The Morgan fingerprint density at radius 1 is 1.24 bits per heavy atom. The van der Waals surface area contributed by atoms with Gasteiger partial charge in [0, 0.05) is 0 Å². The van der Waals surface area contributed by atoms with Crippen LogP contribution < -0.4 is 9.62 Å². The maximum absolute atomic E-state index is 11.6. The molecule has 0 amide bonds. The van der Waals surface area contributed by atoms with E-state index in [9.17, 15) is 8.42 Å². The summed E-state index contributed by atoms with van der Waals surface area (Å²) >= 11 is 0. The molecule has 17 heavy (non-hydrogen) atoms. The zero-order valence-electron chi connectivity index (χ0n) is 9.30. The molecule has 1 aliphatic carbocycles. The molecule has 5 nitrogen and oxygen atoms in total. The first-order valence-electron chi connectivity index (χ1n) is 5.55. The van der Waals surface area contributed by atoms with E-state index in [-0.39, 0.29) is 11.0 Å². The molecule has 0 saturated heterocycles. The van der Waals surface area contributed by atoms with Crippen LogP contribution >= 0.6 is 0 Å². The molecule has 2 N–H and O–H groups in total. The van der Waals surface area contributed by atoms with E-state index in [2.05, 4.69) is 0 Å². The molecule has 0 aromatic heterocycles. The molecule has 0 unspecified atom stereocenters. The van der Waals surface area contributed by atoms with Gasteiger partial charge in [0.1, 0.15) is 10.6 Å². The number of rotatable bonds is 4. The highest BCUT2D eigenvalue weighted by molar-refractivity contribution is 7.89. The van der Waals surface area contributed by atoms with Gasteiger partial charge in [0.25, 0.3) is 10.0 Å². The molecule has 6 heteroatoms. The lowest BCUT2D eigenvalue weighted by Crippen LogP contribution is -2.21. The Kier molecular flexibility index (Phi) is 3.66. The van der Waals surface area contributed by atoms with Gasteiger partial charge in [-0.05, 0) is 37.8 Å². The Morgan fingerprint density at radius 3 is 2.53 bits per heavy atom. The summed E-state index contributed by atoms with van der Waals surface area (Å²) in [5, 5.41) is 8.64. The summed E-state index contributed by atoms with van der Waals surface area (Å²) in [6, 6.07) is 6.30. The Labute approximate surface area is 100 Å². The summed E-state index contributed by atoms with van der Waals surface area (Å²) in [6.07, 6.45) is 4.18. The first kappa shape index (κ1) is 12.3. The minimum Gasteiger partial charge on any atom is -0.489 e. The number of benzene rings is 1. The van der Waals surface area contributed by atoms with Crippen molar-refractivity contribution in [2.24, 2.45) is 0 Å². The average molecular weight is 257 g/mol. The first-order chi connectivity index (χ1) is 8.13. The van der Waals surface area contributed by atoms with Crippen molar-refractivity contribution in [3.05, 3.63) is 24.3 Å². The summed E-state index contributed by atoms with van der Waals surface area (Å²) in [7, 11) is -3.89. The third-order valence-corrected chi connectivity index (χ3v) is 4.01. The smallest absolute Gasteiger partial charge is 0.265 e. The van der Waals surface area contributed by atoms with Gasteiger partial charge in [0.2, 0.25) is 0 Å². The second-order valence-electron chi connectivity index (χ2n) is 4.07. The average Bonchev–Trinajstić information content (AvgIpc) is 2.82. The van der Waals surface area contributed by atoms with E-state index < -0.39 is 10.0 Å². The van der Waals surface area contributed by atoms with Gasteiger partial charge in [-0.1, -0.05) is 17.0 Å². The van der Waals surface area contributed by atoms with Crippen molar-refractivity contribution in [3.63, 3.8) is 0 Å². The lowest BCUT2D eigenvalue weighted by Gasteiger charge is -2.15. The van der Waals surface area contributed by atoms with Crippen molar-refractivity contribution >= 4 is 10.0 Å². The molecule has 1 aliphatic rings. The number of para-hydroxylation sites is 1. The standard InChI is InChI=1S/C11H15NO4S/c13-12-17(14,15)11-8-4-3-7-10(11)16-9-5-1-2-6-9/h3-4,7-9,12-13H,1-2,5-6H2. The van der Waals surface area contributed by atoms with Crippen LogP contribution in [0.15, 0.2) is 29.2 Å². The Morgan fingerprint density at radius 2 is 1.88 bits per heavy atom. The molecule has 2 rings (SSSR count). The van der Waals surface area contributed by atoms with Crippen LogP contribution in [0.25, 0.3) is 0 Å². The van der Waals surface area contributed by atoms with Gasteiger partial charge in [-0.2, -0.15) is 0 Å².